The number of benzene rings is 1. The predicted octanol–water partition coefficient (Wildman–Crippen LogP) is 5.62. The molecule has 30 heavy (non-hydrogen) atoms. The van der Waals surface area contributed by atoms with Gasteiger partial charge >= 0.3 is 0 Å². The largest absolute Gasteiger partial charge is 0.474 e. The van der Waals surface area contributed by atoms with Crippen molar-refractivity contribution in [1.29, 1.82) is 0 Å². The van der Waals surface area contributed by atoms with Gasteiger partial charge in [0.15, 0.2) is 0 Å². The summed E-state index contributed by atoms with van der Waals surface area (Å²) >= 11 is 12.3. The summed E-state index contributed by atoms with van der Waals surface area (Å²) in [7, 11) is 0. The average molecular weight is 442 g/mol. The van der Waals surface area contributed by atoms with Gasteiger partial charge in [-0.2, -0.15) is 0 Å². The molecule has 0 aliphatic carbocycles. The van der Waals surface area contributed by atoms with Gasteiger partial charge in [0.05, 0.1) is 22.4 Å². The number of anilines is 2. The minimum absolute atomic E-state index is 0.0931. The van der Waals surface area contributed by atoms with E-state index in [0.29, 0.717) is 32.9 Å². The fourth-order valence-electron chi connectivity index (χ4n) is 3.38. The van der Waals surface area contributed by atoms with Crippen molar-refractivity contribution in [3.8, 4) is 5.88 Å². The van der Waals surface area contributed by atoms with Crippen LogP contribution in [0, 0.1) is 0 Å². The summed E-state index contributed by atoms with van der Waals surface area (Å²) in [5.74, 6) is 1.16. The molecule has 1 aliphatic heterocycles. The first kappa shape index (κ1) is 20.4. The van der Waals surface area contributed by atoms with Gasteiger partial charge in [-0.3, -0.25) is 0 Å². The Kier molecular flexibility index (Phi) is 6.06. The van der Waals surface area contributed by atoms with E-state index in [9.17, 15) is 0 Å². The highest BCUT2D eigenvalue weighted by Gasteiger charge is 2.21. The lowest BCUT2D eigenvalue weighted by Crippen LogP contribution is -2.37. The van der Waals surface area contributed by atoms with E-state index >= 15 is 0 Å². The second kappa shape index (κ2) is 8.90. The van der Waals surface area contributed by atoms with E-state index in [1.807, 2.05) is 12.1 Å². The number of allylic oxidation sites excluding steroid dienone is 1. The zero-order chi connectivity index (χ0) is 21.1. The summed E-state index contributed by atoms with van der Waals surface area (Å²) in [5.41, 5.74) is 2.36. The number of piperidine rings is 1. The number of aromatic nitrogens is 3. The van der Waals surface area contributed by atoms with Gasteiger partial charge in [0.25, 0.3) is 0 Å². The van der Waals surface area contributed by atoms with Gasteiger partial charge < -0.3 is 15.0 Å². The van der Waals surface area contributed by atoms with Crippen LogP contribution in [0.15, 0.2) is 61.7 Å². The van der Waals surface area contributed by atoms with Crippen LogP contribution in [0.2, 0.25) is 10.0 Å². The quantitative estimate of drug-likeness (QED) is 0.500. The third kappa shape index (κ3) is 4.50. The van der Waals surface area contributed by atoms with Crippen molar-refractivity contribution in [1.82, 2.24) is 19.9 Å². The van der Waals surface area contributed by atoms with Gasteiger partial charge in [0.2, 0.25) is 5.88 Å². The molecule has 1 aromatic carbocycles. The lowest BCUT2D eigenvalue weighted by Gasteiger charge is -2.33. The molecule has 0 spiro atoms. The lowest BCUT2D eigenvalue weighted by molar-refractivity contribution is 0.115. The van der Waals surface area contributed by atoms with Crippen molar-refractivity contribution >= 4 is 45.6 Å². The molecule has 6 nitrogen and oxygen atoms in total. The summed E-state index contributed by atoms with van der Waals surface area (Å²) in [4.78, 5) is 15.3. The second-order valence-electron chi connectivity index (χ2n) is 7.01. The Hall–Kier alpha value is -2.83. The number of pyridine rings is 1. The van der Waals surface area contributed by atoms with Crippen LogP contribution in [0.1, 0.15) is 12.8 Å². The maximum Gasteiger partial charge on any atom is 0.214 e. The molecule has 0 amide bonds. The van der Waals surface area contributed by atoms with Gasteiger partial charge in [-0.1, -0.05) is 36.4 Å². The van der Waals surface area contributed by atoms with Crippen LogP contribution in [0.4, 0.5) is 11.5 Å². The highest BCUT2D eigenvalue weighted by Crippen LogP contribution is 2.31. The summed E-state index contributed by atoms with van der Waals surface area (Å²) in [6, 6.07) is 7.11. The van der Waals surface area contributed by atoms with Crippen molar-refractivity contribution in [2.45, 2.75) is 18.9 Å². The molecule has 1 N–H and O–H groups in total. The van der Waals surface area contributed by atoms with E-state index in [0.717, 1.165) is 37.0 Å². The molecule has 1 aliphatic rings. The van der Waals surface area contributed by atoms with Crippen molar-refractivity contribution < 1.29 is 4.74 Å². The van der Waals surface area contributed by atoms with E-state index in [4.69, 9.17) is 27.9 Å². The van der Waals surface area contributed by atoms with Crippen LogP contribution in [-0.4, -0.2) is 39.0 Å². The van der Waals surface area contributed by atoms with E-state index in [1.54, 1.807) is 24.4 Å². The molecule has 0 unspecified atom stereocenters. The van der Waals surface area contributed by atoms with Crippen LogP contribution in [0.5, 0.6) is 5.88 Å². The number of hydrogen-bond acceptors (Lipinski definition) is 6. The van der Waals surface area contributed by atoms with Crippen LogP contribution < -0.4 is 10.1 Å². The first-order valence-corrected chi connectivity index (χ1v) is 10.3. The van der Waals surface area contributed by atoms with E-state index in [1.165, 1.54) is 6.33 Å². The van der Waals surface area contributed by atoms with E-state index in [-0.39, 0.29) is 6.10 Å². The average Bonchev–Trinajstić information content (AvgIpc) is 2.76. The van der Waals surface area contributed by atoms with Crippen molar-refractivity contribution in [2.75, 3.05) is 18.4 Å². The third-order valence-electron chi connectivity index (χ3n) is 5.05. The van der Waals surface area contributed by atoms with Crippen LogP contribution in [0.25, 0.3) is 10.9 Å². The van der Waals surface area contributed by atoms with E-state index in [2.05, 4.69) is 38.3 Å². The minimum atomic E-state index is 0.0931. The number of rotatable bonds is 6. The Morgan fingerprint density at radius 1 is 1.17 bits per heavy atom. The molecule has 0 radical (unpaired) electrons. The number of fused-ring (bicyclic) bond motifs is 1. The third-order valence-corrected chi connectivity index (χ3v) is 5.60. The predicted molar refractivity (Wildman–Crippen MR) is 122 cm³/mol. The molecule has 0 saturated carbocycles. The van der Waals surface area contributed by atoms with Crippen molar-refractivity contribution in [2.24, 2.45) is 0 Å². The molecule has 1 fully saturated rings. The number of nitrogens with one attached hydrogen (secondary N) is 1. The Balaban J connectivity index is 1.53. The fraction of sp³-hybridized carbons (Fsp3) is 0.227. The maximum atomic E-state index is 6.29. The maximum absolute atomic E-state index is 6.29. The Morgan fingerprint density at radius 3 is 2.70 bits per heavy atom. The molecule has 2 aromatic heterocycles. The zero-order valence-corrected chi connectivity index (χ0v) is 17.8. The topological polar surface area (TPSA) is 63.2 Å². The van der Waals surface area contributed by atoms with Gasteiger partial charge in [0, 0.05) is 48.1 Å². The molecule has 1 saturated heterocycles. The highest BCUT2D eigenvalue weighted by atomic mass is 35.5. The molecule has 154 valence electrons. The first-order valence-electron chi connectivity index (χ1n) is 9.59. The number of hydrogen-bond donors (Lipinski definition) is 1. The monoisotopic (exact) mass is 441 g/mol. The van der Waals surface area contributed by atoms with Gasteiger partial charge in [0.1, 0.15) is 18.2 Å². The summed E-state index contributed by atoms with van der Waals surface area (Å²) in [5, 5.41) is 5.12. The standard InChI is InChI=1S/C22H21Cl2N5O/c1-3-14(2)29-8-6-16(7-9-29)30-21-11-17-20(12-25-21)26-13-27-22(17)28-19-5-4-15(23)10-18(19)24/h3-5,10-13,16H,1-2,6-9H2,(H,26,27,28). The van der Waals surface area contributed by atoms with E-state index < -0.39 is 0 Å². The molecular weight excluding hydrogens is 421 g/mol. The lowest BCUT2D eigenvalue weighted by atomic mass is 10.1. The first-order chi connectivity index (χ1) is 14.5. The molecule has 3 aromatic rings. The summed E-state index contributed by atoms with van der Waals surface area (Å²) in [6.45, 7) is 9.56. The normalized spacial score (nSPS) is 14.5. The molecule has 0 atom stereocenters. The van der Waals surface area contributed by atoms with Crippen molar-refractivity contribution in [3.63, 3.8) is 0 Å². The zero-order valence-electron chi connectivity index (χ0n) is 16.3. The number of likely N-dealkylation sites (tertiary alicyclic amines) is 1. The van der Waals surface area contributed by atoms with Crippen LogP contribution in [0.3, 0.4) is 0 Å². The number of ether oxygens (including phenoxy) is 1. The second-order valence-corrected chi connectivity index (χ2v) is 7.85. The Labute approximate surface area is 185 Å². The van der Waals surface area contributed by atoms with Crippen LogP contribution >= 0.6 is 23.2 Å². The summed E-state index contributed by atoms with van der Waals surface area (Å²) < 4.78 is 6.15. The molecule has 4 rings (SSSR count). The highest BCUT2D eigenvalue weighted by molar-refractivity contribution is 6.36. The summed E-state index contributed by atoms with van der Waals surface area (Å²) in [6.07, 6.45) is 6.84. The number of nitrogens with zero attached hydrogens (tertiary/aromatic N) is 4. The SMILES string of the molecule is C=CC(=C)N1CCC(Oc2cc3c(Nc4ccc(Cl)cc4Cl)ncnc3cn2)CC1. The molecule has 0 bridgehead atoms. The Morgan fingerprint density at radius 2 is 1.97 bits per heavy atom. The molecule has 3 heterocycles. The fourth-order valence-corrected chi connectivity index (χ4v) is 3.84. The molecular formula is C22H21Cl2N5O. The van der Waals surface area contributed by atoms with Gasteiger partial charge in [-0.15, -0.1) is 0 Å². The van der Waals surface area contributed by atoms with Crippen LogP contribution in [-0.2, 0) is 0 Å². The Bertz CT molecular complexity index is 1100. The minimum Gasteiger partial charge on any atom is -0.474 e. The van der Waals surface area contributed by atoms with Crippen molar-refractivity contribution in [3.05, 3.63) is 71.8 Å². The number of halogens is 2. The van der Waals surface area contributed by atoms with Gasteiger partial charge in [-0.05, 0) is 24.3 Å². The molecule has 8 heteroatoms. The smallest absolute Gasteiger partial charge is 0.214 e. The van der Waals surface area contributed by atoms with Gasteiger partial charge in [-0.25, -0.2) is 15.0 Å².